The molecule has 0 aromatic rings. The Balaban J connectivity index is 0. The standard InChI is InChI=1S/C2H5Br.H3O4P/c1-2-3;1-5(2,3)4/h2H2,1H3;(H3,1,2,3,4). The summed E-state index contributed by atoms with van der Waals surface area (Å²) in [5.74, 6) is 0. The van der Waals surface area contributed by atoms with Gasteiger partial charge in [-0.25, -0.2) is 4.57 Å². The smallest absolute Gasteiger partial charge is 0.303 e. The first-order chi connectivity index (χ1) is 3.41. The Morgan fingerprint density at radius 1 is 1.50 bits per heavy atom. The van der Waals surface area contributed by atoms with Gasteiger partial charge in [-0.2, -0.15) is 0 Å². The van der Waals surface area contributed by atoms with Crippen molar-refractivity contribution < 1.29 is 19.2 Å². The molecule has 8 heavy (non-hydrogen) atoms. The summed E-state index contributed by atoms with van der Waals surface area (Å²) in [6, 6.07) is 0. The summed E-state index contributed by atoms with van der Waals surface area (Å²) < 4.78 is 8.88. The first-order valence-electron chi connectivity index (χ1n) is 1.76. The van der Waals surface area contributed by atoms with Crippen molar-refractivity contribution in [1.82, 2.24) is 0 Å². The van der Waals surface area contributed by atoms with Crippen molar-refractivity contribution in [3.05, 3.63) is 0 Å². The van der Waals surface area contributed by atoms with Gasteiger partial charge in [0.2, 0.25) is 0 Å². The third-order valence-corrected chi connectivity index (χ3v) is 0. The second kappa shape index (κ2) is 5.72. The average molecular weight is 207 g/mol. The van der Waals surface area contributed by atoms with Crippen LogP contribution in [-0.4, -0.2) is 20.0 Å². The van der Waals surface area contributed by atoms with Crippen molar-refractivity contribution in [3.8, 4) is 0 Å². The Labute approximate surface area is 55.9 Å². The Morgan fingerprint density at radius 2 is 1.50 bits per heavy atom. The van der Waals surface area contributed by atoms with Crippen molar-refractivity contribution in [2.75, 3.05) is 5.33 Å². The van der Waals surface area contributed by atoms with Crippen molar-refractivity contribution in [2.45, 2.75) is 6.92 Å². The van der Waals surface area contributed by atoms with Gasteiger partial charge in [-0.15, -0.1) is 0 Å². The number of rotatable bonds is 0. The lowest BCUT2D eigenvalue weighted by Crippen LogP contribution is -1.66. The zero-order valence-corrected chi connectivity index (χ0v) is 6.76. The molecule has 0 rings (SSSR count). The molecule has 0 aromatic carbocycles. The average Bonchev–Trinajstić information content (AvgIpc) is 1.27. The molecule has 4 nitrogen and oxygen atoms in total. The van der Waals surface area contributed by atoms with Crippen LogP contribution in [0, 0.1) is 0 Å². The molecule has 52 valence electrons. The van der Waals surface area contributed by atoms with Gasteiger partial charge >= 0.3 is 7.82 Å². The van der Waals surface area contributed by atoms with E-state index in [2.05, 4.69) is 15.9 Å². The summed E-state index contributed by atoms with van der Waals surface area (Å²) in [5.41, 5.74) is 0. The molecule has 0 fully saturated rings. The lowest BCUT2D eigenvalue weighted by Gasteiger charge is -1.82. The monoisotopic (exact) mass is 206 g/mol. The number of hydrogen-bond donors (Lipinski definition) is 3. The Morgan fingerprint density at radius 3 is 1.50 bits per heavy atom. The third-order valence-electron chi connectivity index (χ3n) is 0. The van der Waals surface area contributed by atoms with Crippen LogP contribution in [0.2, 0.25) is 0 Å². The molecule has 0 atom stereocenters. The summed E-state index contributed by atoms with van der Waals surface area (Å²) in [7, 11) is -4.64. The van der Waals surface area contributed by atoms with Gasteiger partial charge in [0.1, 0.15) is 0 Å². The highest BCUT2D eigenvalue weighted by atomic mass is 79.9. The van der Waals surface area contributed by atoms with E-state index >= 15 is 0 Å². The Bertz CT molecular complexity index is 69.8. The highest BCUT2D eigenvalue weighted by molar-refractivity contribution is 9.09. The minimum absolute atomic E-state index is 1.06. The highest BCUT2D eigenvalue weighted by Crippen LogP contribution is 2.25. The fraction of sp³-hybridized carbons (Fsp3) is 1.00. The molecular weight excluding hydrogens is 199 g/mol. The van der Waals surface area contributed by atoms with Crippen LogP contribution in [0.15, 0.2) is 0 Å². The van der Waals surface area contributed by atoms with Gasteiger partial charge in [0.25, 0.3) is 0 Å². The molecule has 0 unspecified atom stereocenters. The van der Waals surface area contributed by atoms with Gasteiger partial charge in [-0.05, 0) is 0 Å². The summed E-state index contributed by atoms with van der Waals surface area (Å²) >= 11 is 3.15. The molecule has 0 spiro atoms. The van der Waals surface area contributed by atoms with Crippen LogP contribution >= 0.6 is 23.8 Å². The number of halogens is 1. The first kappa shape index (κ1) is 11.4. The normalized spacial score (nSPS) is 9.62. The quantitative estimate of drug-likeness (QED) is 0.398. The summed E-state index contributed by atoms with van der Waals surface area (Å²) in [6.07, 6.45) is 0. The van der Waals surface area contributed by atoms with Gasteiger partial charge in [-0.1, -0.05) is 22.9 Å². The lowest BCUT2D eigenvalue weighted by atomic mass is 11.0. The van der Waals surface area contributed by atoms with E-state index in [4.69, 9.17) is 19.2 Å². The van der Waals surface area contributed by atoms with E-state index < -0.39 is 7.82 Å². The van der Waals surface area contributed by atoms with Crippen LogP contribution in [-0.2, 0) is 4.57 Å². The van der Waals surface area contributed by atoms with E-state index in [1.165, 1.54) is 0 Å². The van der Waals surface area contributed by atoms with E-state index in [0.29, 0.717) is 0 Å². The molecule has 0 aliphatic carbocycles. The Kier molecular flexibility index (Phi) is 8.15. The minimum Gasteiger partial charge on any atom is -0.303 e. The number of hydrogen-bond acceptors (Lipinski definition) is 1. The SMILES string of the molecule is CCBr.O=P(O)(O)O. The maximum Gasteiger partial charge on any atom is 0.466 e. The van der Waals surface area contributed by atoms with Crippen molar-refractivity contribution in [1.29, 1.82) is 0 Å². The van der Waals surface area contributed by atoms with Gasteiger partial charge < -0.3 is 14.7 Å². The second-order valence-corrected chi connectivity index (χ2v) is 2.93. The molecule has 0 radical (unpaired) electrons. The first-order valence-corrected chi connectivity index (χ1v) is 4.44. The topological polar surface area (TPSA) is 77.8 Å². The van der Waals surface area contributed by atoms with E-state index in [-0.39, 0.29) is 0 Å². The molecule has 6 heteroatoms. The second-order valence-electron chi connectivity index (χ2n) is 0.781. The fourth-order valence-electron chi connectivity index (χ4n) is 0. The molecule has 3 N–H and O–H groups in total. The molecule has 0 heterocycles. The summed E-state index contributed by atoms with van der Waals surface area (Å²) in [6.45, 7) is 2.04. The van der Waals surface area contributed by atoms with Crippen LogP contribution in [0.3, 0.4) is 0 Å². The minimum atomic E-state index is -4.64. The molecule has 0 saturated heterocycles. The van der Waals surface area contributed by atoms with Crippen LogP contribution < -0.4 is 0 Å². The number of phosphoric acid groups is 1. The summed E-state index contributed by atoms with van der Waals surface area (Å²) in [4.78, 5) is 21.6. The zero-order valence-electron chi connectivity index (χ0n) is 4.28. The summed E-state index contributed by atoms with van der Waals surface area (Å²) in [5, 5.41) is 1.06. The molecule has 0 saturated carbocycles. The molecule has 0 bridgehead atoms. The van der Waals surface area contributed by atoms with Crippen LogP contribution in [0.1, 0.15) is 6.92 Å². The maximum atomic E-state index is 8.88. The predicted molar refractivity (Wildman–Crippen MR) is 33.7 cm³/mol. The zero-order chi connectivity index (χ0) is 7.21. The largest absolute Gasteiger partial charge is 0.466 e. The van der Waals surface area contributed by atoms with Gasteiger partial charge in [-0.3, -0.25) is 0 Å². The maximum absolute atomic E-state index is 8.88. The van der Waals surface area contributed by atoms with Crippen molar-refractivity contribution in [3.63, 3.8) is 0 Å². The Hall–Kier alpha value is 0.590. The van der Waals surface area contributed by atoms with E-state index in [1.807, 2.05) is 6.92 Å². The van der Waals surface area contributed by atoms with Crippen LogP contribution in [0.5, 0.6) is 0 Å². The van der Waals surface area contributed by atoms with Crippen LogP contribution in [0.4, 0.5) is 0 Å². The third kappa shape index (κ3) is 592. The fourth-order valence-corrected chi connectivity index (χ4v) is 0. The van der Waals surface area contributed by atoms with E-state index in [0.717, 1.165) is 5.33 Å². The molecule has 0 aliphatic rings. The van der Waals surface area contributed by atoms with Gasteiger partial charge in [0.15, 0.2) is 0 Å². The number of alkyl halides is 1. The highest BCUT2D eigenvalue weighted by Gasteiger charge is 2.00. The van der Waals surface area contributed by atoms with Gasteiger partial charge in [0.05, 0.1) is 0 Å². The van der Waals surface area contributed by atoms with E-state index in [9.17, 15) is 0 Å². The predicted octanol–water partition coefficient (Wildman–Crippen LogP) is 0.473. The molecule has 0 aliphatic heterocycles. The van der Waals surface area contributed by atoms with Gasteiger partial charge in [0, 0.05) is 5.33 Å². The lowest BCUT2D eigenvalue weighted by molar-refractivity contribution is 0.275. The van der Waals surface area contributed by atoms with Crippen LogP contribution in [0.25, 0.3) is 0 Å². The van der Waals surface area contributed by atoms with Crippen molar-refractivity contribution in [2.24, 2.45) is 0 Å². The van der Waals surface area contributed by atoms with E-state index in [1.54, 1.807) is 0 Å². The molecule has 0 amide bonds. The molecule has 0 aromatic heterocycles. The van der Waals surface area contributed by atoms with Crippen molar-refractivity contribution >= 4 is 23.8 Å². The molecular formula is C2H8BrO4P.